The zero-order valence-corrected chi connectivity index (χ0v) is 15.2. The van der Waals surface area contributed by atoms with Crippen molar-refractivity contribution >= 4 is 11.6 Å². The molecule has 0 radical (unpaired) electrons. The molecule has 1 aromatic rings. The highest BCUT2D eigenvalue weighted by Crippen LogP contribution is 2.61. The van der Waals surface area contributed by atoms with Crippen molar-refractivity contribution in [3.8, 4) is 0 Å². The Morgan fingerprint density at radius 1 is 0.880 bits per heavy atom. The Bertz CT molecular complexity index is 597. The van der Waals surface area contributed by atoms with Gasteiger partial charge in [0, 0.05) is 38.3 Å². The van der Waals surface area contributed by atoms with Crippen LogP contribution in [0.15, 0.2) is 30.3 Å². The lowest BCUT2D eigenvalue weighted by atomic mass is 9.49. The van der Waals surface area contributed by atoms with Crippen molar-refractivity contribution < 1.29 is 4.79 Å². The Morgan fingerprint density at radius 3 is 2.00 bits per heavy atom. The number of carbonyl (C=O) groups is 1. The molecule has 0 spiro atoms. The number of amides is 1. The van der Waals surface area contributed by atoms with E-state index in [2.05, 4.69) is 40.1 Å². The number of para-hydroxylation sites is 1. The van der Waals surface area contributed by atoms with Crippen LogP contribution in [-0.2, 0) is 4.79 Å². The summed E-state index contributed by atoms with van der Waals surface area (Å²) in [6, 6.07) is 10.6. The van der Waals surface area contributed by atoms with E-state index in [1.807, 2.05) is 0 Å². The van der Waals surface area contributed by atoms with Crippen LogP contribution in [-0.4, -0.2) is 37.0 Å². The smallest absolute Gasteiger partial charge is 0.223 e. The summed E-state index contributed by atoms with van der Waals surface area (Å²) in [5, 5.41) is 0. The van der Waals surface area contributed by atoms with Crippen LogP contribution in [0.3, 0.4) is 0 Å². The molecule has 0 aromatic heterocycles. The van der Waals surface area contributed by atoms with Gasteiger partial charge in [0.05, 0.1) is 0 Å². The highest BCUT2D eigenvalue weighted by molar-refractivity contribution is 5.77. The quantitative estimate of drug-likeness (QED) is 0.833. The highest BCUT2D eigenvalue weighted by Gasteiger charge is 2.51. The Kier molecular flexibility index (Phi) is 3.79. The zero-order valence-electron chi connectivity index (χ0n) is 15.2. The number of benzene rings is 1. The van der Waals surface area contributed by atoms with E-state index in [1.165, 1.54) is 44.2 Å². The van der Waals surface area contributed by atoms with Gasteiger partial charge in [-0.15, -0.1) is 0 Å². The number of rotatable bonds is 3. The van der Waals surface area contributed by atoms with Crippen LogP contribution in [0.4, 0.5) is 5.69 Å². The van der Waals surface area contributed by atoms with Crippen molar-refractivity contribution in [2.45, 2.75) is 44.9 Å². The van der Waals surface area contributed by atoms with E-state index in [9.17, 15) is 4.79 Å². The van der Waals surface area contributed by atoms with Crippen LogP contribution < -0.4 is 4.90 Å². The van der Waals surface area contributed by atoms with E-state index in [1.54, 1.807) is 0 Å². The van der Waals surface area contributed by atoms with Crippen LogP contribution in [0, 0.1) is 23.2 Å². The summed E-state index contributed by atoms with van der Waals surface area (Å²) in [5.41, 5.74) is 1.67. The summed E-state index contributed by atoms with van der Waals surface area (Å²) < 4.78 is 0. The zero-order chi connectivity index (χ0) is 16.9. The van der Waals surface area contributed by atoms with Crippen molar-refractivity contribution in [1.82, 2.24) is 4.90 Å². The largest absolute Gasteiger partial charge is 0.368 e. The van der Waals surface area contributed by atoms with E-state index < -0.39 is 0 Å². The van der Waals surface area contributed by atoms with Gasteiger partial charge in [-0.05, 0) is 73.8 Å². The summed E-state index contributed by atoms with van der Waals surface area (Å²) in [4.78, 5) is 17.6. The Balaban J connectivity index is 1.20. The minimum atomic E-state index is 0.377. The molecule has 1 aromatic carbocycles. The molecule has 0 atom stereocenters. The number of hydrogen-bond acceptors (Lipinski definition) is 2. The van der Waals surface area contributed by atoms with Gasteiger partial charge in [0.25, 0.3) is 0 Å². The van der Waals surface area contributed by atoms with Crippen molar-refractivity contribution in [1.29, 1.82) is 0 Å². The predicted molar refractivity (Wildman–Crippen MR) is 100 cm³/mol. The Labute approximate surface area is 151 Å². The number of carbonyl (C=O) groups excluding carboxylic acids is 1. The highest BCUT2D eigenvalue weighted by atomic mass is 16.2. The van der Waals surface area contributed by atoms with Crippen LogP contribution >= 0.6 is 0 Å². The molecule has 1 saturated heterocycles. The maximum Gasteiger partial charge on any atom is 0.223 e. The maximum absolute atomic E-state index is 13.0. The first-order valence-electron chi connectivity index (χ1n) is 10.3. The van der Waals surface area contributed by atoms with Gasteiger partial charge in [-0.2, -0.15) is 0 Å². The Morgan fingerprint density at radius 2 is 1.44 bits per heavy atom. The first kappa shape index (κ1) is 15.7. The number of nitrogens with zero attached hydrogens (tertiary/aromatic N) is 2. The molecule has 0 unspecified atom stereocenters. The molecule has 4 aliphatic carbocycles. The fraction of sp³-hybridized carbons (Fsp3) is 0.682. The first-order chi connectivity index (χ1) is 12.2. The third kappa shape index (κ3) is 2.96. The standard InChI is InChI=1S/C22H30N2O/c25-21(16-22-13-17-10-18(14-22)12-19(11-17)15-22)24-8-6-23(7-9-24)20-4-2-1-3-5-20/h1-5,17-19H,6-16H2. The summed E-state index contributed by atoms with van der Waals surface area (Å²) >= 11 is 0. The van der Waals surface area contributed by atoms with Crippen molar-refractivity contribution in [3.05, 3.63) is 30.3 Å². The second kappa shape index (κ2) is 6.03. The minimum Gasteiger partial charge on any atom is -0.368 e. The molecule has 6 rings (SSSR count). The third-order valence-corrected chi connectivity index (χ3v) is 7.45. The maximum atomic E-state index is 13.0. The molecular formula is C22H30N2O. The monoisotopic (exact) mass is 338 g/mol. The summed E-state index contributed by atoms with van der Waals surface area (Å²) in [6.07, 6.45) is 9.25. The average Bonchev–Trinajstić information content (AvgIpc) is 2.61. The first-order valence-corrected chi connectivity index (χ1v) is 10.3. The molecule has 4 bridgehead atoms. The molecule has 1 amide bonds. The van der Waals surface area contributed by atoms with Gasteiger partial charge in [0.15, 0.2) is 0 Å². The molecule has 3 nitrogen and oxygen atoms in total. The van der Waals surface area contributed by atoms with Gasteiger partial charge < -0.3 is 9.80 Å². The average molecular weight is 338 g/mol. The molecule has 1 heterocycles. The molecule has 5 fully saturated rings. The third-order valence-electron chi connectivity index (χ3n) is 7.45. The van der Waals surface area contributed by atoms with E-state index in [-0.39, 0.29) is 0 Å². The number of hydrogen-bond donors (Lipinski definition) is 0. The van der Waals surface area contributed by atoms with Crippen LogP contribution in [0.5, 0.6) is 0 Å². The lowest BCUT2D eigenvalue weighted by Gasteiger charge is -2.57. The van der Waals surface area contributed by atoms with Crippen LogP contribution in [0.25, 0.3) is 0 Å². The van der Waals surface area contributed by atoms with Crippen molar-refractivity contribution in [2.24, 2.45) is 23.2 Å². The van der Waals surface area contributed by atoms with Crippen LogP contribution in [0.1, 0.15) is 44.9 Å². The van der Waals surface area contributed by atoms with E-state index in [0.29, 0.717) is 11.3 Å². The molecule has 5 aliphatic rings. The predicted octanol–water partition coefficient (Wildman–Crippen LogP) is 3.94. The Hall–Kier alpha value is -1.51. The topological polar surface area (TPSA) is 23.6 Å². The van der Waals surface area contributed by atoms with Crippen LogP contribution in [0.2, 0.25) is 0 Å². The summed E-state index contributed by atoms with van der Waals surface area (Å²) in [7, 11) is 0. The van der Waals surface area contributed by atoms with Gasteiger partial charge in [-0.1, -0.05) is 18.2 Å². The van der Waals surface area contributed by atoms with Crippen molar-refractivity contribution in [3.63, 3.8) is 0 Å². The fourth-order valence-electron chi connectivity index (χ4n) is 6.79. The second-order valence-electron chi connectivity index (χ2n) is 9.30. The molecular weight excluding hydrogens is 308 g/mol. The molecule has 134 valence electrons. The van der Waals surface area contributed by atoms with Gasteiger partial charge in [0.1, 0.15) is 0 Å². The summed E-state index contributed by atoms with van der Waals surface area (Å²) in [6.45, 7) is 3.72. The van der Waals surface area contributed by atoms with Crippen molar-refractivity contribution in [2.75, 3.05) is 31.1 Å². The van der Waals surface area contributed by atoms with Gasteiger partial charge >= 0.3 is 0 Å². The fourth-order valence-corrected chi connectivity index (χ4v) is 6.79. The lowest BCUT2D eigenvalue weighted by molar-refractivity contribution is -0.139. The summed E-state index contributed by atoms with van der Waals surface area (Å²) in [5.74, 6) is 3.26. The SMILES string of the molecule is O=C(CC12CC3CC(CC(C3)C1)C2)N1CCN(c2ccccc2)CC1. The van der Waals surface area contributed by atoms with Gasteiger partial charge in [-0.25, -0.2) is 0 Å². The number of anilines is 1. The minimum absolute atomic E-state index is 0.377. The van der Waals surface area contributed by atoms with E-state index in [0.717, 1.165) is 50.4 Å². The number of piperazine rings is 1. The normalized spacial score (nSPS) is 36.7. The van der Waals surface area contributed by atoms with Gasteiger partial charge in [-0.3, -0.25) is 4.79 Å². The molecule has 3 heteroatoms. The van der Waals surface area contributed by atoms with E-state index >= 15 is 0 Å². The lowest BCUT2D eigenvalue weighted by Crippen LogP contribution is -2.52. The van der Waals surface area contributed by atoms with Gasteiger partial charge in [0.2, 0.25) is 5.91 Å². The van der Waals surface area contributed by atoms with E-state index in [4.69, 9.17) is 0 Å². The molecule has 0 N–H and O–H groups in total. The molecule has 4 saturated carbocycles. The molecule has 25 heavy (non-hydrogen) atoms. The molecule has 1 aliphatic heterocycles. The second-order valence-corrected chi connectivity index (χ2v) is 9.30.